The largest absolute Gasteiger partial charge is 0.573 e. The second-order valence-electron chi connectivity index (χ2n) is 4.74. The molecule has 0 aromatic heterocycles. The summed E-state index contributed by atoms with van der Waals surface area (Å²) in [6.07, 6.45) is -4.84. The van der Waals surface area contributed by atoms with Crippen molar-refractivity contribution in [2.45, 2.75) is 23.6 Å². The molecule has 0 aliphatic heterocycles. The molecule has 1 N–H and O–H groups in total. The van der Waals surface area contributed by atoms with E-state index < -0.39 is 23.8 Å². The van der Waals surface area contributed by atoms with Crippen LogP contribution < -0.4 is 10.1 Å². The summed E-state index contributed by atoms with van der Waals surface area (Å²) in [5.41, 5.74) is 0.353. The molecule has 0 radical (unpaired) electrons. The van der Waals surface area contributed by atoms with Crippen LogP contribution in [-0.2, 0) is 6.54 Å². The Morgan fingerprint density at radius 1 is 1.08 bits per heavy atom. The van der Waals surface area contributed by atoms with E-state index in [-0.39, 0.29) is 17.7 Å². The van der Waals surface area contributed by atoms with Crippen molar-refractivity contribution in [3.63, 3.8) is 0 Å². The molecule has 0 bridgehead atoms. The van der Waals surface area contributed by atoms with E-state index in [1.807, 2.05) is 0 Å². The molecule has 2 aromatic carbocycles. The lowest BCUT2D eigenvalue weighted by atomic mass is 10.2. The molecule has 1 amide bonds. The minimum absolute atomic E-state index is 0.151. The lowest BCUT2D eigenvalue weighted by molar-refractivity contribution is -0.274. The van der Waals surface area contributed by atoms with Gasteiger partial charge in [0.1, 0.15) is 5.75 Å². The number of nitrogens with one attached hydrogen (secondary N) is 1. The number of amides is 1. The van der Waals surface area contributed by atoms with Gasteiger partial charge in [0.15, 0.2) is 0 Å². The molecular formula is C16H12F5NO2S. The van der Waals surface area contributed by atoms with Crippen LogP contribution in [0.3, 0.4) is 0 Å². The summed E-state index contributed by atoms with van der Waals surface area (Å²) in [6.45, 7) is -0.182. The van der Waals surface area contributed by atoms with Gasteiger partial charge in [0.25, 0.3) is 11.7 Å². The maximum Gasteiger partial charge on any atom is 0.573 e. The molecule has 2 aromatic rings. The smallest absolute Gasteiger partial charge is 0.405 e. The van der Waals surface area contributed by atoms with Crippen LogP contribution in [0.15, 0.2) is 53.4 Å². The Bertz CT molecular complexity index is 719. The second kappa shape index (κ2) is 8.19. The van der Waals surface area contributed by atoms with Gasteiger partial charge in [0.05, 0.1) is 0 Å². The maximum atomic E-state index is 12.3. The fourth-order valence-corrected chi connectivity index (χ4v) is 2.44. The van der Waals surface area contributed by atoms with Crippen molar-refractivity contribution in [3.8, 4) is 5.75 Å². The maximum absolute atomic E-state index is 12.3. The lowest BCUT2D eigenvalue weighted by Gasteiger charge is -2.13. The lowest BCUT2D eigenvalue weighted by Crippen LogP contribution is -2.24. The molecule has 134 valence electrons. The van der Waals surface area contributed by atoms with Crippen LogP contribution in [0.4, 0.5) is 22.0 Å². The van der Waals surface area contributed by atoms with Crippen LogP contribution in [0.1, 0.15) is 15.9 Å². The van der Waals surface area contributed by atoms with Gasteiger partial charge < -0.3 is 10.1 Å². The summed E-state index contributed by atoms with van der Waals surface area (Å²) in [5, 5.41) is 2.46. The fraction of sp³-hybridized carbons (Fsp3) is 0.188. The molecule has 0 spiro atoms. The van der Waals surface area contributed by atoms with E-state index in [9.17, 15) is 26.7 Å². The fourth-order valence-electron chi connectivity index (χ4n) is 1.94. The minimum atomic E-state index is -4.84. The predicted octanol–water partition coefficient (Wildman–Crippen LogP) is 4.83. The molecule has 0 saturated heterocycles. The number of ether oxygens (including phenoxy) is 1. The molecule has 0 unspecified atom stereocenters. The molecule has 0 saturated carbocycles. The molecule has 0 aliphatic carbocycles. The number of hydrogen-bond acceptors (Lipinski definition) is 3. The predicted molar refractivity (Wildman–Crippen MR) is 82.6 cm³/mol. The van der Waals surface area contributed by atoms with Gasteiger partial charge in [-0.1, -0.05) is 30.0 Å². The highest BCUT2D eigenvalue weighted by atomic mass is 32.2. The number of halogens is 5. The molecular weight excluding hydrogens is 365 g/mol. The quantitative estimate of drug-likeness (QED) is 0.579. The van der Waals surface area contributed by atoms with E-state index in [1.54, 1.807) is 0 Å². The number of hydrogen-bond donors (Lipinski definition) is 1. The van der Waals surface area contributed by atoms with Crippen LogP contribution in [-0.4, -0.2) is 18.0 Å². The number of carbonyl (C=O) groups is 1. The van der Waals surface area contributed by atoms with E-state index in [4.69, 9.17) is 0 Å². The van der Waals surface area contributed by atoms with Gasteiger partial charge in [-0.2, -0.15) is 8.78 Å². The highest BCUT2D eigenvalue weighted by molar-refractivity contribution is 7.99. The van der Waals surface area contributed by atoms with Crippen LogP contribution >= 0.6 is 11.8 Å². The Balaban J connectivity index is 2.00. The highest BCUT2D eigenvalue weighted by Gasteiger charge is 2.31. The Hall–Kier alpha value is -2.29. The van der Waals surface area contributed by atoms with Gasteiger partial charge >= 0.3 is 6.36 Å². The molecule has 2 rings (SSSR count). The first-order chi connectivity index (χ1) is 11.7. The topological polar surface area (TPSA) is 38.3 Å². The summed E-state index contributed by atoms with van der Waals surface area (Å²) in [5.74, 6) is -3.51. The third kappa shape index (κ3) is 6.26. The van der Waals surface area contributed by atoms with Crippen molar-refractivity contribution < 1.29 is 31.5 Å². The monoisotopic (exact) mass is 377 g/mol. The van der Waals surface area contributed by atoms with Crippen molar-refractivity contribution >= 4 is 17.7 Å². The van der Waals surface area contributed by atoms with Crippen LogP contribution in [0, 0.1) is 0 Å². The normalized spacial score (nSPS) is 11.4. The minimum Gasteiger partial charge on any atom is -0.405 e. The first-order valence-corrected chi connectivity index (χ1v) is 7.79. The van der Waals surface area contributed by atoms with E-state index >= 15 is 0 Å². The number of thioether (sulfide) groups is 1. The average molecular weight is 377 g/mol. The molecule has 0 atom stereocenters. The van der Waals surface area contributed by atoms with Gasteiger partial charge in [-0.25, -0.2) is 0 Å². The van der Waals surface area contributed by atoms with Crippen molar-refractivity contribution in [2.24, 2.45) is 0 Å². The Labute approximate surface area is 144 Å². The molecule has 25 heavy (non-hydrogen) atoms. The zero-order valence-electron chi connectivity index (χ0n) is 12.5. The number of para-hydroxylation sites is 1. The Kier molecular flexibility index (Phi) is 6.24. The number of carbonyl (C=O) groups excluding carboxylic acids is 1. The van der Waals surface area contributed by atoms with Crippen LogP contribution in [0.5, 0.6) is 5.75 Å². The number of benzene rings is 2. The van der Waals surface area contributed by atoms with Gasteiger partial charge in [0, 0.05) is 22.6 Å². The first kappa shape index (κ1) is 19.0. The zero-order chi connectivity index (χ0) is 18.4. The SMILES string of the molecule is O=C(NCc1ccccc1OC(F)(F)F)c1ccc(SC(F)F)cc1. The molecule has 3 nitrogen and oxygen atoms in total. The Morgan fingerprint density at radius 3 is 2.32 bits per heavy atom. The first-order valence-electron chi connectivity index (χ1n) is 6.91. The summed E-state index contributed by atoms with van der Waals surface area (Å²) in [6, 6.07) is 10.9. The summed E-state index contributed by atoms with van der Waals surface area (Å²) >= 11 is 0.348. The zero-order valence-corrected chi connectivity index (χ0v) is 13.3. The van der Waals surface area contributed by atoms with Gasteiger partial charge in [-0.05, 0) is 30.3 Å². The van der Waals surface area contributed by atoms with E-state index in [1.165, 1.54) is 42.5 Å². The van der Waals surface area contributed by atoms with Crippen LogP contribution in [0.25, 0.3) is 0 Å². The van der Waals surface area contributed by atoms with Gasteiger partial charge in [-0.3, -0.25) is 4.79 Å². The van der Waals surface area contributed by atoms with Gasteiger partial charge in [-0.15, -0.1) is 13.2 Å². The molecule has 0 heterocycles. The average Bonchev–Trinajstić information content (AvgIpc) is 2.52. The molecule has 9 heteroatoms. The third-order valence-electron chi connectivity index (χ3n) is 2.98. The van der Waals surface area contributed by atoms with E-state index in [0.717, 1.165) is 6.07 Å². The number of rotatable bonds is 6. The summed E-state index contributed by atoms with van der Waals surface area (Å²) in [4.78, 5) is 12.3. The number of alkyl halides is 5. The van der Waals surface area contributed by atoms with E-state index in [2.05, 4.69) is 10.1 Å². The molecule has 0 fully saturated rings. The standard InChI is InChI=1S/C16H12F5NO2S/c17-15(18)25-12-7-5-10(6-8-12)14(23)22-9-11-3-1-2-4-13(11)24-16(19,20)21/h1-8,15H,9H2,(H,22,23). The molecule has 0 aliphatic rings. The van der Waals surface area contributed by atoms with Crippen molar-refractivity contribution in [3.05, 3.63) is 59.7 Å². The summed E-state index contributed by atoms with van der Waals surface area (Å²) in [7, 11) is 0. The highest BCUT2D eigenvalue weighted by Crippen LogP contribution is 2.27. The van der Waals surface area contributed by atoms with Gasteiger partial charge in [0.2, 0.25) is 0 Å². The van der Waals surface area contributed by atoms with Crippen molar-refractivity contribution in [1.29, 1.82) is 0 Å². The Morgan fingerprint density at radius 2 is 1.72 bits per heavy atom. The second-order valence-corrected chi connectivity index (χ2v) is 5.80. The van der Waals surface area contributed by atoms with Crippen LogP contribution in [0.2, 0.25) is 0 Å². The summed E-state index contributed by atoms with van der Waals surface area (Å²) < 4.78 is 65.4. The third-order valence-corrected chi connectivity index (χ3v) is 3.70. The van der Waals surface area contributed by atoms with Crippen molar-refractivity contribution in [1.82, 2.24) is 5.32 Å². The van der Waals surface area contributed by atoms with E-state index in [0.29, 0.717) is 16.7 Å². The van der Waals surface area contributed by atoms with Crippen molar-refractivity contribution in [2.75, 3.05) is 0 Å².